The number of primary amides is 1. The fraction of sp³-hybridized carbons (Fsp3) is 0.333. The van der Waals surface area contributed by atoms with E-state index in [-0.39, 0.29) is 17.5 Å². The van der Waals surface area contributed by atoms with E-state index in [0.717, 1.165) is 6.42 Å². The van der Waals surface area contributed by atoms with Gasteiger partial charge in [0.15, 0.2) is 9.84 Å². The molecule has 0 aliphatic rings. The van der Waals surface area contributed by atoms with Gasteiger partial charge >= 0.3 is 0 Å². The Morgan fingerprint density at radius 3 is 2.48 bits per heavy atom. The summed E-state index contributed by atoms with van der Waals surface area (Å²) in [6.07, 6.45) is 0.796. The number of hydrogen-bond donors (Lipinski definition) is 2. The van der Waals surface area contributed by atoms with E-state index in [4.69, 9.17) is 10.2 Å². The Balaban J connectivity index is 1.98. The van der Waals surface area contributed by atoms with Gasteiger partial charge in [0, 0.05) is 6.42 Å². The van der Waals surface area contributed by atoms with Crippen molar-refractivity contribution in [1.29, 1.82) is 0 Å². The molecule has 1 atom stereocenters. The first-order valence-electron chi connectivity index (χ1n) is 8.73. The Morgan fingerprint density at radius 1 is 1.21 bits per heavy atom. The number of hydrogen-bond acceptors (Lipinski definition) is 8. The lowest BCUT2D eigenvalue weighted by atomic mass is 10.1. The van der Waals surface area contributed by atoms with E-state index in [1.807, 2.05) is 0 Å². The molecular formula is C18H21N4O6S. The number of Topliss-reactive ketones (excluding diaryl/α,β-unsaturated/α-hetero) is 1. The lowest BCUT2D eigenvalue weighted by molar-refractivity contribution is -0.119. The highest BCUT2D eigenvalue weighted by atomic mass is 32.2. The molecule has 1 radical (unpaired) electrons. The molecule has 0 saturated carbocycles. The molecular weight excluding hydrogens is 400 g/mol. The molecule has 11 heteroatoms. The summed E-state index contributed by atoms with van der Waals surface area (Å²) in [4.78, 5) is 35.8. The van der Waals surface area contributed by atoms with Gasteiger partial charge < -0.3 is 15.5 Å². The van der Waals surface area contributed by atoms with Crippen molar-refractivity contribution in [3.05, 3.63) is 54.1 Å². The lowest BCUT2D eigenvalue weighted by Gasteiger charge is -2.14. The molecule has 1 aromatic carbocycles. The van der Waals surface area contributed by atoms with Gasteiger partial charge in [0.2, 0.25) is 23.5 Å². The van der Waals surface area contributed by atoms with Crippen LogP contribution in [0.4, 0.5) is 0 Å². The Kier molecular flexibility index (Phi) is 7.59. The van der Waals surface area contributed by atoms with Crippen molar-refractivity contribution in [2.24, 2.45) is 5.73 Å². The predicted octanol–water partition coefficient (Wildman–Crippen LogP) is -0.00581. The summed E-state index contributed by atoms with van der Waals surface area (Å²) in [6.45, 7) is 1.75. The summed E-state index contributed by atoms with van der Waals surface area (Å²) in [6, 6.07) is 7.16. The van der Waals surface area contributed by atoms with E-state index < -0.39 is 45.7 Å². The maximum absolute atomic E-state index is 12.4. The molecule has 0 fully saturated rings. The van der Waals surface area contributed by atoms with E-state index in [0.29, 0.717) is 12.0 Å². The van der Waals surface area contributed by atoms with E-state index in [1.165, 1.54) is 0 Å². The highest BCUT2D eigenvalue weighted by molar-refractivity contribution is 7.90. The molecule has 3 N–H and O–H groups in total. The molecule has 0 aliphatic heterocycles. The SMILES string of the molecule is CCc1nnc(C(=O)C(CC(N)=O)NC(=O)[CH]CS(=O)(=O)Cc2ccccc2)o1. The van der Waals surface area contributed by atoms with E-state index in [2.05, 4.69) is 15.5 Å². The van der Waals surface area contributed by atoms with E-state index in [1.54, 1.807) is 37.3 Å². The monoisotopic (exact) mass is 421 g/mol. The Morgan fingerprint density at radius 2 is 1.90 bits per heavy atom. The zero-order valence-electron chi connectivity index (χ0n) is 15.7. The van der Waals surface area contributed by atoms with Gasteiger partial charge in [-0.25, -0.2) is 8.42 Å². The first kappa shape index (κ1) is 22.2. The van der Waals surface area contributed by atoms with Crippen molar-refractivity contribution in [2.45, 2.75) is 31.6 Å². The second-order valence-corrected chi connectivity index (χ2v) is 8.30. The molecule has 29 heavy (non-hydrogen) atoms. The molecule has 155 valence electrons. The van der Waals surface area contributed by atoms with Crippen LogP contribution in [0.3, 0.4) is 0 Å². The number of aromatic nitrogens is 2. The third-order valence-electron chi connectivity index (χ3n) is 3.77. The predicted molar refractivity (Wildman–Crippen MR) is 102 cm³/mol. The molecule has 0 spiro atoms. The molecule has 1 aromatic heterocycles. The Bertz CT molecular complexity index is 971. The van der Waals surface area contributed by atoms with Gasteiger partial charge in [0.25, 0.3) is 5.89 Å². The van der Waals surface area contributed by atoms with Crippen LogP contribution in [0.1, 0.15) is 35.5 Å². The first-order valence-corrected chi connectivity index (χ1v) is 10.5. The van der Waals surface area contributed by atoms with Crippen molar-refractivity contribution in [2.75, 3.05) is 5.75 Å². The third-order valence-corrected chi connectivity index (χ3v) is 5.22. The van der Waals surface area contributed by atoms with Crippen LogP contribution in [0, 0.1) is 6.42 Å². The van der Waals surface area contributed by atoms with Crippen LogP contribution in [0.5, 0.6) is 0 Å². The summed E-state index contributed by atoms with van der Waals surface area (Å²) in [5, 5.41) is 9.50. The summed E-state index contributed by atoms with van der Waals surface area (Å²) in [7, 11) is -3.59. The minimum atomic E-state index is -3.59. The summed E-state index contributed by atoms with van der Waals surface area (Å²) in [5.41, 5.74) is 5.72. The highest BCUT2D eigenvalue weighted by Crippen LogP contribution is 2.09. The van der Waals surface area contributed by atoms with Crippen LogP contribution >= 0.6 is 0 Å². The summed E-state index contributed by atoms with van der Waals surface area (Å²) in [5.74, 6) is -3.38. The molecule has 0 saturated heterocycles. The number of aryl methyl sites for hydroxylation is 1. The van der Waals surface area contributed by atoms with Gasteiger partial charge in [-0.1, -0.05) is 37.3 Å². The van der Waals surface area contributed by atoms with Crippen LogP contribution < -0.4 is 11.1 Å². The van der Waals surface area contributed by atoms with Crippen molar-refractivity contribution >= 4 is 27.4 Å². The van der Waals surface area contributed by atoms with Crippen molar-refractivity contribution < 1.29 is 27.2 Å². The Hall–Kier alpha value is -3.08. The highest BCUT2D eigenvalue weighted by Gasteiger charge is 2.28. The molecule has 1 unspecified atom stereocenters. The number of nitrogens with one attached hydrogen (secondary N) is 1. The first-order chi connectivity index (χ1) is 13.7. The fourth-order valence-electron chi connectivity index (χ4n) is 2.38. The van der Waals surface area contributed by atoms with E-state index in [9.17, 15) is 22.8 Å². The second kappa shape index (κ2) is 9.92. The van der Waals surface area contributed by atoms with Crippen molar-refractivity contribution in [3.63, 3.8) is 0 Å². The summed E-state index contributed by atoms with van der Waals surface area (Å²) < 4.78 is 29.5. The van der Waals surface area contributed by atoms with Gasteiger partial charge in [-0.05, 0) is 5.56 Å². The third kappa shape index (κ3) is 7.11. The number of nitrogens with zero attached hydrogens (tertiary/aromatic N) is 2. The topological polar surface area (TPSA) is 162 Å². The van der Waals surface area contributed by atoms with Gasteiger partial charge in [0.1, 0.15) is 6.04 Å². The maximum atomic E-state index is 12.4. The molecule has 2 amide bonds. The number of ketones is 1. The molecule has 2 aromatic rings. The average Bonchev–Trinajstić information content (AvgIpc) is 3.15. The number of nitrogens with two attached hydrogens (primary N) is 1. The largest absolute Gasteiger partial charge is 0.418 e. The minimum Gasteiger partial charge on any atom is -0.418 e. The van der Waals surface area contributed by atoms with Crippen molar-refractivity contribution in [1.82, 2.24) is 15.5 Å². The zero-order valence-corrected chi connectivity index (χ0v) is 16.5. The minimum absolute atomic E-state index is 0.219. The van der Waals surface area contributed by atoms with Gasteiger partial charge in [-0.3, -0.25) is 14.4 Å². The van der Waals surface area contributed by atoms with Gasteiger partial charge in [0.05, 0.1) is 24.3 Å². The number of carbonyl (C=O) groups excluding carboxylic acids is 3. The Labute approximate surface area is 167 Å². The molecule has 10 nitrogen and oxygen atoms in total. The van der Waals surface area contributed by atoms with Crippen LogP contribution in [-0.4, -0.2) is 48.0 Å². The van der Waals surface area contributed by atoms with Crippen molar-refractivity contribution in [3.8, 4) is 0 Å². The normalized spacial score (nSPS) is 12.3. The number of benzene rings is 1. The van der Waals surface area contributed by atoms with E-state index >= 15 is 0 Å². The van der Waals surface area contributed by atoms with Crippen LogP contribution in [0.2, 0.25) is 0 Å². The lowest BCUT2D eigenvalue weighted by Crippen LogP contribution is -2.44. The van der Waals surface area contributed by atoms with Crippen LogP contribution in [0.25, 0.3) is 0 Å². The number of rotatable bonds is 11. The zero-order chi connectivity index (χ0) is 21.4. The molecule has 2 rings (SSSR count). The smallest absolute Gasteiger partial charge is 0.286 e. The summed E-state index contributed by atoms with van der Waals surface area (Å²) >= 11 is 0. The quantitative estimate of drug-likeness (QED) is 0.479. The van der Waals surface area contributed by atoms with Crippen LogP contribution in [-0.2, 0) is 31.6 Å². The number of carbonyl (C=O) groups is 3. The van der Waals surface area contributed by atoms with Gasteiger partial charge in [-0.15, -0.1) is 10.2 Å². The molecule has 1 heterocycles. The average molecular weight is 421 g/mol. The fourth-order valence-corrected chi connectivity index (χ4v) is 3.60. The standard InChI is InChI=1S/C18H21N4O6S/c1-2-16-21-22-18(28-16)17(25)13(10-14(19)23)20-15(24)8-9-29(26,27)11-12-6-4-3-5-7-12/h3-8,13H,2,9-11H2,1H3,(H2,19,23)(H,20,24). The van der Waals surface area contributed by atoms with Gasteiger partial charge in [-0.2, -0.15) is 0 Å². The maximum Gasteiger partial charge on any atom is 0.286 e. The second-order valence-electron chi connectivity index (χ2n) is 6.19. The molecule has 0 aliphatic carbocycles. The number of amides is 2. The van der Waals surface area contributed by atoms with Crippen LogP contribution in [0.15, 0.2) is 34.7 Å². The number of sulfone groups is 1. The molecule has 0 bridgehead atoms.